The van der Waals surface area contributed by atoms with Crippen molar-refractivity contribution in [2.75, 3.05) is 25.5 Å². The van der Waals surface area contributed by atoms with Gasteiger partial charge in [0.1, 0.15) is 17.2 Å². The molecule has 6 rings (SSSR count). The third-order valence-corrected chi connectivity index (χ3v) is 8.92. The van der Waals surface area contributed by atoms with Crippen molar-refractivity contribution < 1.29 is 19.4 Å². The van der Waals surface area contributed by atoms with E-state index in [1.165, 1.54) is 0 Å². The number of nitrogens with zero attached hydrogens (tertiary/aromatic N) is 5. The van der Waals surface area contributed by atoms with Gasteiger partial charge in [-0.25, -0.2) is 19.3 Å². The quantitative estimate of drug-likeness (QED) is 0.155. The number of phenols is 1. The van der Waals surface area contributed by atoms with Crippen LogP contribution < -0.4 is 15.8 Å². The largest absolute Gasteiger partial charge is 0.508 e. The van der Waals surface area contributed by atoms with E-state index in [4.69, 9.17) is 25.3 Å². The number of fused-ring (bicyclic) bond motifs is 1. The lowest BCUT2D eigenvalue weighted by Gasteiger charge is -2.29. The Hall–Kier alpha value is -4.80. The standard InChI is InChI=1S/C35H43N7O4/c1-7-22-13-25(43)8-9-28(22)40-32(36)27-18-39-42-19-23(26-17-37-30(45-6)12-21(26)2)14-29(42)31(27)38-16-24-15-35(10-11-35)20-41(24)33(44)46-34(3,4)5/h8-9,12-14,17-19,24,38,43H,7,10-11,15-16,20H2,1-6H3,(H2,36,40)/t24-/m1/s1. The Labute approximate surface area is 269 Å². The Kier molecular flexibility index (Phi) is 8.04. The van der Waals surface area contributed by atoms with Gasteiger partial charge in [-0.15, -0.1) is 0 Å². The fourth-order valence-electron chi connectivity index (χ4n) is 6.32. The first-order valence-electron chi connectivity index (χ1n) is 15.8. The molecule has 1 aromatic carbocycles. The molecule has 1 saturated heterocycles. The summed E-state index contributed by atoms with van der Waals surface area (Å²) in [4.78, 5) is 24.4. The lowest BCUT2D eigenvalue weighted by atomic mass is 10.0. The number of benzene rings is 1. The molecule has 1 aliphatic carbocycles. The van der Waals surface area contributed by atoms with E-state index < -0.39 is 5.60 Å². The minimum Gasteiger partial charge on any atom is -0.508 e. The van der Waals surface area contributed by atoms with Crippen LogP contribution in [0.1, 0.15) is 63.6 Å². The van der Waals surface area contributed by atoms with Crippen molar-refractivity contribution in [1.82, 2.24) is 19.5 Å². The molecular weight excluding hydrogens is 582 g/mol. The number of nitrogens with two attached hydrogens (primary N) is 1. The first kappa shape index (κ1) is 31.2. The van der Waals surface area contributed by atoms with Gasteiger partial charge in [-0.3, -0.25) is 0 Å². The number of hydrogen-bond donors (Lipinski definition) is 3. The molecule has 0 bridgehead atoms. The van der Waals surface area contributed by atoms with Crippen molar-refractivity contribution in [1.29, 1.82) is 0 Å². The van der Waals surface area contributed by atoms with Gasteiger partial charge < -0.3 is 30.5 Å². The van der Waals surface area contributed by atoms with Crippen LogP contribution in [0.15, 0.2) is 53.9 Å². The highest BCUT2D eigenvalue weighted by atomic mass is 16.6. The molecule has 4 N–H and O–H groups in total. The van der Waals surface area contributed by atoms with Crippen LogP contribution in [0.25, 0.3) is 16.6 Å². The normalized spacial score (nSPS) is 17.5. The predicted octanol–water partition coefficient (Wildman–Crippen LogP) is 6.22. The van der Waals surface area contributed by atoms with Crippen LogP contribution in [0.5, 0.6) is 11.6 Å². The fourth-order valence-corrected chi connectivity index (χ4v) is 6.32. The Morgan fingerprint density at radius 2 is 2.00 bits per heavy atom. The summed E-state index contributed by atoms with van der Waals surface area (Å²) in [5.41, 5.74) is 13.0. The molecule has 1 aliphatic heterocycles. The summed E-state index contributed by atoms with van der Waals surface area (Å²) in [6.45, 7) is 10.9. The number of hydrogen-bond acceptors (Lipinski definition) is 8. The highest BCUT2D eigenvalue weighted by Crippen LogP contribution is 2.55. The van der Waals surface area contributed by atoms with E-state index in [0.717, 1.165) is 52.7 Å². The summed E-state index contributed by atoms with van der Waals surface area (Å²) >= 11 is 0. The van der Waals surface area contributed by atoms with Crippen molar-refractivity contribution >= 4 is 28.8 Å². The summed E-state index contributed by atoms with van der Waals surface area (Å²) < 4.78 is 12.9. The van der Waals surface area contributed by atoms with Crippen LogP contribution in [0, 0.1) is 12.3 Å². The van der Waals surface area contributed by atoms with E-state index in [-0.39, 0.29) is 29.1 Å². The van der Waals surface area contributed by atoms with Gasteiger partial charge in [0.15, 0.2) is 0 Å². The van der Waals surface area contributed by atoms with Gasteiger partial charge in [0.2, 0.25) is 5.88 Å². The molecule has 4 heterocycles. The van der Waals surface area contributed by atoms with Gasteiger partial charge in [0.25, 0.3) is 0 Å². The zero-order valence-electron chi connectivity index (χ0n) is 27.4. The molecule has 4 aromatic rings. The summed E-state index contributed by atoms with van der Waals surface area (Å²) in [6.07, 6.45) is 9.04. The minimum absolute atomic E-state index is 0.0529. The number of amides is 1. The number of ether oxygens (including phenoxy) is 2. The highest BCUT2D eigenvalue weighted by molar-refractivity contribution is 6.06. The van der Waals surface area contributed by atoms with Crippen molar-refractivity contribution in [2.24, 2.45) is 16.1 Å². The molecule has 1 saturated carbocycles. The Morgan fingerprint density at radius 1 is 1.22 bits per heavy atom. The molecule has 1 spiro atoms. The number of nitrogens with one attached hydrogen (secondary N) is 1. The van der Waals surface area contributed by atoms with Crippen molar-refractivity contribution in [3.05, 3.63) is 65.6 Å². The summed E-state index contributed by atoms with van der Waals surface area (Å²) in [5.74, 6) is 1.03. The zero-order valence-corrected chi connectivity index (χ0v) is 27.4. The number of aryl methyl sites for hydroxylation is 2. The molecule has 0 radical (unpaired) electrons. The number of aromatic nitrogens is 3. The highest BCUT2D eigenvalue weighted by Gasteiger charge is 2.53. The third-order valence-electron chi connectivity index (χ3n) is 8.92. The van der Waals surface area contributed by atoms with E-state index in [2.05, 4.69) is 16.4 Å². The molecule has 1 amide bonds. The number of aliphatic imine (C=N–C) groups is 1. The molecule has 242 valence electrons. The second kappa shape index (κ2) is 11.9. The van der Waals surface area contributed by atoms with Crippen LogP contribution in [-0.4, -0.2) is 68.4 Å². The molecule has 2 aliphatic rings. The predicted molar refractivity (Wildman–Crippen MR) is 179 cm³/mol. The average molecular weight is 626 g/mol. The SMILES string of the molecule is CCc1cc(O)ccc1N=C(N)c1cnn2cc(-c3cnc(OC)cc3C)cc2c1NC[C@H]1CC2(CC2)CN1C(=O)OC(C)(C)C. The molecular formula is C35H43N7O4. The number of carbonyl (C=O) groups is 1. The van der Waals surface area contributed by atoms with Gasteiger partial charge in [-0.2, -0.15) is 5.10 Å². The van der Waals surface area contributed by atoms with Crippen molar-refractivity contribution in [3.63, 3.8) is 0 Å². The number of phenolic OH excluding ortho intramolecular Hbond substituents is 1. The summed E-state index contributed by atoms with van der Waals surface area (Å²) in [6, 6.07) is 8.99. The number of anilines is 1. The number of methoxy groups -OCH3 is 1. The first-order valence-corrected chi connectivity index (χ1v) is 15.8. The van der Waals surface area contributed by atoms with Crippen LogP contribution in [0.2, 0.25) is 0 Å². The Bertz CT molecular complexity index is 1820. The van der Waals surface area contributed by atoms with E-state index in [1.54, 1.807) is 37.7 Å². The Morgan fingerprint density at radius 3 is 2.67 bits per heavy atom. The monoisotopic (exact) mass is 625 g/mol. The van der Waals surface area contributed by atoms with Gasteiger partial charge in [-0.05, 0) is 94.2 Å². The molecule has 3 aromatic heterocycles. The smallest absolute Gasteiger partial charge is 0.410 e. The maximum Gasteiger partial charge on any atom is 0.410 e. The topological polar surface area (TPSA) is 140 Å². The van der Waals surface area contributed by atoms with E-state index in [1.807, 2.05) is 56.3 Å². The van der Waals surface area contributed by atoms with Crippen LogP contribution in [0.4, 0.5) is 16.2 Å². The minimum atomic E-state index is -0.577. The number of amidine groups is 1. The van der Waals surface area contributed by atoms with Crippen molar-refractivity contribution in [3.8, 4) is 22.8 Å². The lowest BCUT2D eigenvalue weighted by Crippen LogP contribution is -2.42. The third kappa shape index (κ3) is 6.31. The molecule has 1 atom stereocenters. The maximum absolute atomic E-state index is 13.3. The fraction of sp³-hybridized carbons (Fsp3) is 0.429. The van der Waals surface area contributed by atoms with Crippen LogP contribution in [-0.2, 0) is 11.2 Å². The van der Waals surface area contributed by atoms with E-state index in [0.29, 0.717) is 36.6 Å². The van der Waals surface area contributed by atoms with Gasteiger partial charge in [-0.1, -0.05) is 6.92 Å². The van der Waals surface area contributed by atoms with Crippen LogP contribution in [0.3, 0.4) is 0 Å². The lowest BCUT2D eigenvalue weighted by molar-refractivity contribution is 0.0228. The van der Waals surface area contributed by atoms with Gasteiger partial charge >= 0.3 is 6.09 Å². The number of pyridine rings is 1. The maximum atomic E-state index is 13.3. The second-order valence-electron chi connectivity index (χ2n) is 13.5. The molecule has 0 unspecified atom stereocenters. The number of likely N-dealkylation sites (tertiary alicyclic amines) is 1. The second-order valence-corrected chi connectivity index (χ2v) is 13.5. The number of rotatable bonds is 8. The summed E-state index contributed by atoms with van der Waals surface area (Å²) in [7, 11) is 1.60. The van der Waals surface area contributed by atoms with Gasteiger partial charge in [0, 0.05) is 42.7 Å². The van der Waals surface area contributed by atoms with E-state index >= 15 is 0 Å². The average Bonchev–Trinajstić information content (AvgIpc) is 3.45. The number of carbonyl (C=O) groups excluding carboxylic acids is 1. The van der Waals surface area contributed by atoms with Gasteiger partial charge in [0.05, 0.1) is 41.8 Å². The molecule has 46 heavy (non-hydrogen) atoms. The van der Waals surface area contributed by atoms with E-state index in [9.17, 15) is 9.90 Å². The van der Waals surface area contributed by atoms with Crippen molar-refractivity contribution in [2.45, 2.75) is 71.9 Å². The molecule has 11 heteroatoms. The van der Waals surface area contributed by atoms with Crippen LogP contribution >= 0.6 is 0 Å². The zero-order chi connectivity index (χ0) is 32.8. The summed E-state index contributed by atoms with van der Waals surface area (Å²) in [5, 5.41) is 18.4. The first-order chi connectivity index (χ1) is 21.9. The Balaban J connectivity index is 1.40. The molecule has 2 fully saturated rings. The number of aromatic hydroxyl groups is 1. The molecule has 11 nitrogen and oxygen atoms in total.